The Kier molecular flexibility index (Phi) is 4.73. The Morgan fingerprint density at radius 3 is 2.53 bits per heavy atom. The molecule has 7 nitrogen and oxygen atoms in total. The van der Waals surface area contributed by atoms with Crippen LogP contribution < -0.4 is 0 Å². The van der Waals surface area contributed by atoms with Gasteiger partial charge in [-0.05, 0) is 67.9 Å². The van der Waals surface area contributed by atoms with E-state index in [1.807, 2.05) is 6.07 Å². The molecule has 184 valence electrons. The highest BCUT2D eigenvalue weighted by atomic mass is 19.1. The van der Waals surface area contributed by atoms with Gasteiger partial charge in [-0.25, -0.2) is 23.7 Å². The van der Waals surface area contributed by atoms with E-state index in [4.69, 9.17) is 4.98 Å². The summed E-state index contributed by atoms with van der Waals surface area (Å²) in [4.78, 5) is 13.7. The number of aromatic nitrogens is 6. The van der Waals surface area contributed by atoms with E-state index in [1.54, 1.807) is 43.2 Å². The Labute approximate surface area is 207 Å². The largest absolute Gasteiger partial charge is 0.384 e. The molecule has 2 aliphatic carbocycles. The number of halogens is 2. The molecule has 1 saturated carbocycles. The quantitative estimate of drug-likeness (QED) is 0.443. The van der Waals surface area contributed by atoms with Crippen LogP contribution in [0.3, 0.4) is 0 Å². The van der Waals surface area contributed by atoms with Crippen molar-refractivity contribution in [3.05, 3.63) is 83.3 Å². The molecule has 2 atom stereocenters. The summed E-state index contributed by atoms with van der Waals surface area (Å²) >= 11 is 0. The molecule has 1 N–H and O–H groups in total. The van der Waals surface area contributed by atoms with Crippen LogP contribution in [-0.2, 0) is 11.0 Å². The molecule has 0 spiro atoms. The first-order valence-corrected chi connectivity index (χ1v) is 12.0. The van der Waals surface area contributed by atoms with E-state index in [-0.39, 0.29) is 22.6 Å². The van der Waals surface area contributed by atoms with E-state index in [1.165, 1.54) is 18.2 Å². The molecule has 0 aliphatic heterocycles. The van der Waals surface area contributed by atoms with E-state index in [9.17, 15) is 13.9 Å². The summed E-state index contributed by atoms with van der Waals surface area (Å²) < 4.78 is 30.7. The average molecular weight is 489 g/mol. The van der Waals surface area contributed by atoms with Crippen molar-refractivity contribution in [3.8, 4) is 17.2 Å². The van der Waals surface area contributed by atoms with Gasteiger partial charge in [-0.1, -0.05) is 19.9 Å². The molecule has 6 rings (SSSR count). The fraction of sp³-hybridized carbons (Fsp3) is 0.370. The maximum absolute atomic E-state index is 14.5. The third-order valence-corrected chi connectivity index (χ3v) is 8.12. The van der Waals surface area contributed by atoms with Gasteiger partial charge in [0.15, 0.2) is 0 Å². The third kappa shape index (κ3) is 3.01. The molecule has 36 heavy (non-hydrogen) atoms. The fourth-order valence-corrected chi connectivity index (χ4v) is 6.22. The Bertz CT molecular complexity index is 1490. The van der Waals surface area contributed by atoms with Gasteiger partial charge in [0.2, 0.25) is 5.95 Å². The first kappa shape index (κ1) is 22.8. The molecular weight excluding hydrogens is 462 g/mol. The topological polar surface area (TPSA) is 89.6 Å². The summed E-state index contributed by atoms with van der Waals surface area (Å²) in [6.07, 6.45) is 6.75. The van der Waals surface area contributed by atoms with Crippen LogP contribution >= 0.6 is 0 Å². The van der Waals surface area contributed by atoms with Gasteiger partial charge in [-0.15, -0.1) is 5.10 Å². The number of fused-ring (bicyclic) bond motifs is 5. The zero-order valence-corrected chi connectivity index (χ0v) is 20.5. The van der Waals surface area contributed by atoms with Crippen molar-refractivity contribution in [1.82, 2.24) is 29.7 Å². The second kappa shape index (κ2) is 7.46. The Hall–Kier alpha value is -3.59. The van der Waals surface area contributed by atoms with Crippen molar-refractivity contribution in [3.63, 3.8) is 0 Å². The molecule has 2 aliphatic rings. The lowest BCUT2D eigenvalue weighted by atomic mass is 9.66. The van der Waals surface area contributed by atoms with Crippen molar-refractivity contribution in [1.29, 1.82) is 0 Å². The lowest BCUT2D eigenvalue weighted by Gasteiger charge is -2.37. The maximum Gasteiger partial charge on any atom is 0.235 e. The van der Waals surface area contributed by atoms with E-state index in [2.05, 4.69) is 34.0 Å². The molecule has 3 aromatic heterocycles. The Balaban J connectivity index is 1.48. The number of imidazole rings is 1. The van der Waals surface area contributed by atoms with Crippen LogP contribution in [-0.4, -0.2) is 34.8 Å². The van der Waals surface area contributed by atoms with Crippen molar-refractivity contribution >= 4 is 0 Å². The minimum Gasteiger partial charge on any atom is -0.384 e. The molecule has 0 radical (unpaired) electrons. The van der Waals surface area contributed by atoms with Crippen LogP contribution in [0.5, 0.6) is 0 Å². The van der Waals surface area contributed by atoms with Gasteiger partial charge in [0.25, 0.3) is 0 Å². The summed E-state index contributed by atoms with van der Waals surface area (Å²) in [7, 11) is 0. The van der Waals surface area contributed by atoms with E-state index in [0.717, 1.165) is 29.8 Å². The molecule has 1 aromatic carbocycles. The molecule has 0 saturated heterocycles. The summed E-state index contributed by atoms with van der Waals surface area (Å²) in [5, 5.41) is 19.2. The lowest BCUT2D eigenvalue weighted by molar-refractivity contribution is 0.0742. The predicted molar refractivity (Wildman–Crippen MR) is 128 cm³/mol. The number of aliphatic hydroxyl groups is 1. The van der Waals surface area contributed by atoms with Gasteiger partial charge in [0.05, 0.1) is 33.8 Å². The number of hydrogen-bond donors (Lipinski definition) is 1. The van der Waals surface area contributed by atoms with Gasteiger partial charge in [-0.2, -0.15) is 5.10 Å². The van der Waals surface area contributed by atoms with Gasteiger partial charge >= 0.3 is 0 Å². The predicted octanol–water partition coefficient (Wildman–Crippen LogP) is 4.83. The molecule has 2 bridgehead atoms. The SMILES string of the molecule is CC(C)(O)c1cn(-c2nccc([C@@]34CC[C@@H](c5cc(-c6c(F)cccc6F)nnc53)C4(C)C)n2)cn1. The molecule has 4 aromatic rings. The number of rotatable bonds is 4. The molecular formula is C27H26F2N6O. The second-order valence-corrected chi connectivity index (χ2v) is 10.8. The number of nitrogens with zero attached hydrogens (tertiary/aromatic N) is 6. The third-order valence-electron chi connectivity index (χ3n) is 8.12. The highest BCUT2D eigenvalue weighted by molar-refractivity contribution is 5.64. The standard InChI is InChI=1S/C27H26F2N6O/c1-25(2)16-8-10-27(25,20-9-11-30-24(32-20)35-13-21(31-14-35)26(3,4)36)23-15(16)12-19(33-34-23)22-17(28)6-5-7-18(22)29/h5-7,9,11-14,16,36H,8,10H2,1-4H3/t16-,27-/m0/s1. The van der Waals surface area contributed by atoms with Crippen molar-refractivity contribution in [2.75, 3.05) is 0 Å². The smallest absolute Gasteiger partial charge is 0.235 e. The Morgan fingerprint density at radius 1 is 1.08 bits per heavy atom. The molecule has 3 heterocycles. The molecule has 0 amide bonds. The minimum absolute atomic E-state index is 0.144. The first-order chi connectivity index (χ1) is 17.0. The molecule has 1 fully saturated rings. The average Bonchev–Trinajstić information content (AvgIpc) is 3.48. The highest BCUT2D eigenvalue weighted by Gasteiger charge is 2.65. The second-order valence-electron chi connectivity index (χ2n) is 10.8. The van der Waals surface area contributed by atoms with Crippen LogP contribution in [0.15, 0.2) is 49.1 Å². The summed E-state index contributed by atoms with van der Waals surface area (Å²) in [5.74, 6) is -0.735. The van der Waals surface area contributed by atoms with Gasteiger partial charge in [0.1, 0.15) is 23.6 Å². The van der Waals surface area contributed by atoms with Gasteiger partial charge < -0.3 is 5.11 Å². The van der Waals surface area contributed by atoms with Gasteiger partial charge in [0, 0.05) is 12.4 Å². The molecule has 0 unspecified atom stereocenters. The van der Waals surface area contributed by atoms with Crippen LogP contribution in [0.25, 0.3) is 17.2 Å². The van der Waals surface area contributed by atoms with Gasteiger partial charge in [-0.3, -0.25) is 4.57 Å². The minimum atomic E-state index is -1.09. The van der Waals surface area contributed by atoms with E-state index >= 15 is 0 Å². The summed E-state index contributed by atoms with van der Waals surface area (Å²) in [6, 6.07) is 7.50. The molecule has 9 heteroatoms. The fourth-order valence-electron chi connectivity index (χ4n) is 6.22. The highest BCUT2D eigenvalue weighted by Crippen LogP contribution is 2.69. The summed E-state index contributed by atoms with van der Waals surface area (Å²) in [6.45, 7) is 7.74. The van der Waals surface area contributed by atoms with Crippen LogP contribution in [0.2, 0.25) is 0 Å². The Morgan fingerprint density at radius 2 is 1.83 bits per heavy atom. The monoisotopic (exact) mass is 488 g/mol. The zero-order chi connectivity index (χ0) is 25.5. The lowest BCUT2D eigenvalue weighted by Crippen LogP contribution is -2.38. The zero-order valence-electron chi connectivity index (χ0n) is 20.5. The summed E-state index contributed by atoms with van der Waals surface area (Å²) in [5.41, 5.74) is 1.27. The van der Waals surface area contributed by atoms with Crippen LogP contribution in [0, 0.1) is 17.0 Å². The number of hydrogen-bond acceptors (Lipinski definition) is 6. The van der Waals surface area contributed by atoms with E-state index in [0.29, 0.717) is 11.6 Å². The van der Waals surface area contributed by atoms with Crippen molar-refractivity contribution in [2.45, 2.75) is 57.5 Å². The van der Waals surface area contributed by atoms with Crippen LogP contribution in [0.1, 0.15) is 69.1 Å². The van der Waals surface area contributed by atoms with Crippen molar-refractivity contribution < 1.29 is 13.9 Å². The first-order valence-electron chi connectivity index (χ1n) is 12.0. The van der Waals surface area contributed by atoms with E-state index < -0.39 is 22.7 Å². The maximum atomic E-state index is 14.5. The number of benzene rings is 1. The normalized spacial score (nSPS) is 22.1. The van der Waals surface area contributed by atoms with Crippen molar-refractivity contribution in [2.24, 2.45) is 5.41 Å². The van der Waals surface area contributed by atoms with Crippen LogP contribution in [0.4, 0.5) is 8.78 Å².